The number of ether oxygens (including phenoxy) is 4. The van der Waals surface area contributed by atoms with Crippen molar-refractivity contribution in [3.8, 4) is 23.0 Å². The number of nitrogens with zero attached hydrogens (tertiary/aromatic N) is 3. The summed E-state index contributed by atoms with van der Waals surface area (Å²) in [6.07, 6.45) is 3.52. The van der Waals surface area contributed by atoms with Gasteiger partial charge in [-0.25, -0.2) is 4.90 Å². The van der Waals surface area contributed by atoms with Gasteiger partial charge >= 0.3 is 0 Å². The van der Waals surface area contributed by atoms with Gasteiger partial charge in [-0.3, -0.25) is 9.48 Å². The molecule has 0 aliphatic carbocycles. The molecule has 174 valence electrons. The number of benzene rings is 2. The molecular formula is C24H22N4O5S. The molecule has 9 nitrogen and oxygen atoms in total. The third-order valence-corrected chi connectivity index (χ3v) is 5.75. The first kappa shape index (κ1) is 21.8. The maximum absolute atomic E-state index is 13.1. The number of amides is 1. The van der Waals surface area contributed by atoms with Gasteiger partial charge in [-0.2, -0.15) is 5.10 Å². The number of hydrogen-bond donors (Lipinski definition) is 1. The highest BCUT2D eigenvalue weighted by atomic mass is 32.1. The Balaban J connectivity index is 1.37. The Morgan fingerprint density at radius 2 is 2.03 bits per heavy atom. The molecule has 3 aromatic rings. The van der Waals surface area contributed by atoms with Crippen LogP contribution >= 0.6 is 12.2 Å². The Kier molecular flexibility index (Phi) is 5.58. The molecule has 1 amide bonds. The number of fused-ring (bicyclic) bond motifs is 1. The topological polar surface area (TPSA) is 87.1 Å². The molecule has 0 saturated carbocycles. The predicted octanol–water partition coefficient (Wildman–Crippen LogP) is 3.31. The van der Waals surface area contributed by atoms with E-state index >= 15 is 0 Å². The minimum absolute atomic E-state index is 0.206. The largest absolute Gasteiger partial charge is 0.496 e. The molecule has 10 heteroatoms. The Morgan fingerprint density at radius 3 is 2.79 bits per heavy atom. The van der Waals surface area contributed by atoms with Crippen molar-refractivity contribution in [3.63, 3.8) is 0 Å². The normalized spacial score (nSPS) is 15.7. The van der Waals surface area contributed by atoms with Gasteiger partial charge in [-0.05, 0) is 55.0 Å². The molecule has 1 N–H and O–H groups in total. The van der Waals surface area contributed by atoms with Crippen LogP contribution in [-0.4, -0.2) is 34.7 Å². The van der Waals surface area contributed by atoms with Crippen molar-refractivity contribution in [2.75, 3.05) is 18.8 Å². The van der Waals surface area contributed by atoms with Crippen LogP contribution in [0.3, 0.4) is 0 Å². The molecule has 0 unspecified atom stereocenters. The van der Waals surface area contributed by atoms with Crippen LogP contribution < -0.4 is 29.2 Å². The lowest BCUT2D eigenvalue weighted by atomic mass is 10.1. The van der Waals surface area contributed by atoms with E-state index in [4.69, 9.17) is 31.2 Å². The summed E-state index contributed by atoms with van der Waals surface area (Å²) in [6, 6.07) is 11.0. The van der Waals surface area contributed by atoms with Crippen molar-refractivity contribution in [2.45, 2.75) is 13.5 Å². The molecule has 2 aliphatic rings. The highest BCUT2D eigenvalue weighted by Gasteiger charge is 2.34. The highest BCUT2D eigenvalue weighted by molar-refractivity contribution is 7.80. The Bertz CT molecular complexity index is 1330. The van der Waals surface area contributed by atoms with E-state index in [-0.39, 0.29) is 19.3 Å². The summed E-state index contributed by atoms with van der Waals surface area (Å²) < 4.78 is 23.8. The fourth-order valence-electron chi connectivity index (χ4n) is 3.86. The van der Waals surface area contributed by atoms with Gasteiger partial charge in [0.1, 0.15) is 23.8 Å². The molecule has 2 aliphatic heterocycles. The number of methoxy groups -OCH3 is 1. The van der Waals surface area contributed by atoms with Crippen molar-refractivity contribution in [2.24, 2.45) is 7.05 Å². The van der Waals surface area contributed by atoms with Crippen LogP contribution in [0.2, 0.25) is 0 Å². The second kappa shape index (κ2) is 8.71. The quantitative estimate of drug-likeness (QED) is 0.427. The van der Waals surface area contributed by atoms with Crippen molar-refractivity contribution >= 4 is 35.0 Å². The zero-order chi connectivity index (χ0) is 23.8. The van der Waals surface area contributed by atoms with Crippen molar-refractivity contribution in [1.82, 2.24) is 15.1 Å². The van der Waals surface area contributed by atoms with E-state index in [0.717, 1.165) is 11.1 Å². The number of hydrogen-bond acceptors (Lipinski definition) is 7. The van der Waals surface area contributed by atoms with E-state index in [9.17, 15) is 4.79 Å². The maximum Gasteiger partial charge on any atom is 0.281 e. The average molecular weight is 479 g/mol. The number of thiocarbonyl (C=S) groups is 1. The van der Waals surface area contributed by atoms with Crippen LogP contribution in [0.1, 0.15) is 16.8 Å². The van der Waals surface area contributed by atoms with Crippen molar-refractivity contribution in [3.05, 3.63) is 65.1 Å². The zero-order valence-corrected chi connectivity index (χ0v) is 19.6. The van der Waals surface area contributed by atoms with Gasteiger partial charge in [0.2, 0.25) is 6.79 Å². The van der Waals surface area contributed by atoms with Gasteiger partial charge in [0, 0.05) is 24.9 Å². The van der Waals surface area contributed by atoms with Gasteiger partial charge in [-0.15, -0.1) is 0 Å². The van der Waals surface area contributed by atoms with E-state index < -0.39 is 0 Å². The first-order valence-electron chi connectivity index (χ1n) is 10.5. The molecule has 34 heavy (non-hydrogen) atoms. The number of rotatable bonds is 6. The lowest BCUT2D eigenvalue weighted by Crippen LogP contribution is -2.30. The van der Waals surface area contributed by atoms with E-state index in [1.807, 2.05) is 37.3 Å². The minimum Gasteiger partial charge on any atom is -0.496 e. The summed E-state index contributed by atoms with van der Waals surface area (Å²) in [4.78, 5) is 14.5. The summed E-state index contributed by atoms with van der Waals surface area (Å²) in [7, 11) is 3.40. The molecule has 3 heterocycles. The average Bonchev–Trinajstić information content (AvgIpc) is 3.49. The number of nitrogens with one attached hydrogen (secondary N) is 1. The second-order valence-electron chi connectivity index (χ2n) is 7.78. The molecule has 1 fully saturated rings. The number of aryl methyl sites for hydroxylation is 2. The summed E-state index contributed by atoms with van der Waals surface area (Å²) in [5, 5.41) is 7.62. The first-order chi connectivity index (χ1) is 16.4. The van der Waals surface area contributed by atoms with Crippen LogP contribution in [-0.2, 0) is 18.4 Å². The van der Waals surface area contributed by atoms with Crippen LogP contribution in [0.5, 0.6) is 23.0 Å². The highest BCUT2D eigenvalue weighted by Crippen LogP contribution is 2.35. The van der Waals surface area contributed by atoms with E-state index in [0.29, 0.717) is 45.2 Å². The maximum atomic E-state index is 13.1. The van der Waals surface area contributed by atoms with Gasteiger partial charge in [0.05, 0.1) is 18.5 Å². The number of aromatic nitrogens is 2. The Labute approximate surface area is 201 Å². The molecular weight excluding hydrogens is 456 g/mol. The molecule has 0 bridgehead atoms. The summed E-state index contributed by atoms with van der Waals surface area (Å²) in [5.74, 6) is 2.43. The van der Waals surface area contributed by atoms with Crippen molar-refractivity contribution < 1.29 is 23.7 Å². The standard InChI is InChI=1S/C24H22N4O5S/c1-14-19(11-27(2)26-14)28-23(29)18(25-24(28)34)9-15-4-6-20(30-3)16(8-15)12-31-17-5-7-21-22(10-17)33-13-32-21/h4-11H,12-13H2,1-3H3,(H,25,34)/b18-9+. The molecule has 1 saturated heterocycles. The molecule has 5 rings (SSSR count). The molecule has 2 aromatic carbocycles. The van der Waals surface area contributed by atoms with Gasteiger partial charge in [-0.1, -0.05) is 6.07 Å². The molecule has 1 aromatic heterocycles. The summed E-state index contributed by atoms with van der Waals surface area (Å²) in [5.41, 5.74) is 3.37. The van der Waals surface area contributed by atoms with E-state index in [2.05, 4.69) is 10.4 Å². The number of carbonyl (C=O) groups is 1. The van der Waals surface area contributed by atoms with Crippen LogP contribution in [0, 0.1) is 6.92 Å². The fourth-order valence-corrected chi connectivity index (χ4v) is 4.15. The van der Waals surface area contributed by atoms with Crippen LogP contribution in [0.25, 0.3) is 6.08 Å². The monoisotopic (exact) mass is 478 g/mol. The Hall–Kier alpha value is -4.05. The Morgan fingerprint density at radius 1 is 1.21 bits per heavy atom. The lowest BCUT2D eigenvalue weighted by Gasteiger charge is -2.12. The molecule has 0 atom stereocenters. The van der Waals surface area contributed by atoms with Gasteiger partial charge < -0.3 is 24.3 Å². The third kappa shape index (κ3) is 4.03. The SMILES string of the molecule is COc1ccc(/C=C2/NC(=S)N(c3cn(C)nc3C)C2=O)cc1COc1ccc2c(c1)OCO2. The lowest BCUT2D eigenvalue weighted by molar-refractivity contribution is -0.113. The summed E-state index contributed by atoms with van der Waals surface area (Å²) >= 11 is 5.41. The van der Waals surface area contributed by atoms with E-state index in [1.54, 1.807) is 37.2 Å². The van der Waals surface area contributed by atoms with Gasteiger partial charge in [0.25, 0.3) is 5.91 Å². The van der Waals surface area contributed by atoms with Gasteiger partial charge in [0.15, 0.2) is 16.6 Å². The second-order valence-corrected chi connectivity index (χ2v) is 8.16. The third-order valence-electron chi connectivity index (χ3n) is 5.46. The number of carbonyl (C=O) groups excluding carboxylic acids is 1. The fraction of sp³-hybridized carbons (Fsp3) is 0.208. The van der Waals surface area contributed by atoms with E-state index in [1.165, 1.54) is 4.90 Å². The molecule has 0 spiro atoms. The predicted molar refractivity (Wildman–Crippen MR) is 129 cm³/mol. The van der Waals surface area contributed by atoms with Crippen molar-refractivity contribution in [1.29, 1.82) is 0 Å². The van der Waals surface area contributed by atoms with Crippen LogP contribution in [0.4, 0.5) is 5.69 Å². The summed E-state index contributed by atoms with van der Waals surface area (Å²) in [6.45, 7) is 2.31. The number of anilines is 1. The minimum atomic E-state index is -0.241. The first-order valence-corrected chi connectivity index (χ1v) is 10.9. The molecule has 0 radical (unpaired) electrons. The zero-order valence-electron chi connectivity index (χ0n) is 18.8. The smallest absolute Gasteiger partial charge is 0.281 e. The van der Waals surface area contributed by atoms with Crippen LogP contribution in [0.15, 0.2) is 48.3 Å².